The molecule has 0 aliphatic rings. The van der Waals surface area contributed by atoms with Crippen molar-refractivity contribution in [3.05, 3.63) is 40.3 Å². The van der Waals surface area contributed by atoms with Crippen LogP contribution in [0.4, 0.5) is 0 Å². The van der Waals surface area contributed by atoms with Gasteiger partial charge in [0, 0.05) is 4.91 Å². The number of nitrogens with zero attached hydrogens (tertiary/aromatic N) is 3. The van der Waals surface area contributed by atoms with Crippen LogP contribution in [0.25, 0.3) is 10.4 Å². The molecule has 0 spiro atoms. The minimum atomic E-state index is -0.557. The van der Waals surface area contributed by atoms with Gasteiger partial charge >= 0.3 is 5.97 Å². The molecule has 90 valence electrons. The molecule has 0 aliphatic heterocycles. The van der Waals surface area contributed by atoms with E-state index in [4.69, 9.17) is 10.3 Å². The Labute approximate surface area is 98.8 Å². The highest BCUT2D eigenvalue weighted by Gasteiger charge is 2.14. The first-order chi connectivity index (χ1) is 8.21. The number of carbonyl (C=O) groups is 1. The smallest absolute Gasteiger partial charge is 0.306 e. The molecule has 17 heavy (non-hydrogen) atoms. The number of ether oxygens (including phenoxy) is 2. The Kier molecular flexibility index (Phi) is 4.84. The van der Waals surface area contributed by atoms with Gasteiger partial charge in [-0.25, -0.2) is 0 Å². The number of methoxy groups -OCH3 is 2. The standard InChI is InChI=1S/C11H13N3O3/c1-16-9-5-3-8(4-6-9)10(13-14-12)7-11(15)17-2/h3-6,10H,7H2,1-2H3. The van der Waals surface area contributed by atoms with Crippen molar-refractivity contribution in [2.24, 2.45) is 5.11 Å². The molecule has 0 amide bonds. The topological polar surface area (TPSA) is 84.3 Å². The average Bonchev–Trinajstić information content (AvgIpc) is 2.38. The van der Waals surface area contributed by atoms with E-state index in [2.05, 4.69) is 14.8 Å². The van der Waals surface area contributed by atoms with Gasteiger partial charge in [0.1, 0.15) is 5.75 Å². The van der Waals surface area contributed by atoms with Crippen molar-refractivity contribution in [1.29, 1.82) is 0 Å². The van der Waals surface area contributed by atoms with Gasteiger partial charge in [-0.2, -0.15) is 0 Å². The van der Waals surface area contributed by atoms with Crippen LogP contribution in [0, 0.1) is 0 Å². The fourth-order valence-corrected chi connectivity index (χ4v) is 1.35. The second-order valence-electron chi connectivity index (χ2n) is 3.27. The first-order valence-electron chi connectivity index (χ1n) is 4.96. The predicted molar refractivity (Wildman–Crippen MR) is 61.5 cm³/mol. The van der Waals surface area contributed by atoms with Crippen LogP contribution in [0.3, 0.4) is 0 Å². The molecule has 0 heterocycles. The quantitative estimate of drug-likeness (QED) is 0.340. The van der Waals surface area contributed by atoms with Crippen LogP contribution >= 0.6 is 0 Å². The number of carbonyl (C=O) groups excluding carboxylic acids is 1. The number of esters is 1. The molecule has 0 saturated carbocycles. The van der Waals surface area contributed by atoms with E-state index >= 15 is 0 Å². The van der Waals surface area contributed by atoms with Crippen molar-refractivity contribution in [2.75, 3.05) is 14.2 Å². The van der Waals surface area contributed by atoms with E-state index in [9.17, 15) is 4.79 Å². The molecular formula is C11H13N3O3. The second kappa shape index (κ2) is 6.40. The van der Waals surface area contributed by atoms with Gasteiger partial charge < -0.3 is 9.47 Å². The SMILES string of the molecule is COC(=O)CC(N=[N+]=[N-])c1ccc(OC)cc1. The van der Waals surface area contributed by atoms with Gasteiger partial charge in [0.25, 0.3) is 0 Å². The summed E-state index contributed by atoms with van der Waals surface area (Å²) >= 11 is 0. The molecule has 0 radical (unpaired) electrons. The Bertz CT molecular complexity index is 424. The van der Waals surface area contributed by atoms with E-state index in [0.717, 1.165) is 5.56 Å². The molecule has 0 aromatic heterocycles. The molecule has 1 aromatic rings. The summed E-state index contributed by atoms with van der Waals surface area (Å²) in [5.41, 5.74) is 9.21. The molecule has 6 heteroatoms. The Balaban J connectivity index is 2.88. The number of azide groups is 1. The van der Waals surface area contributed by atoms with Crippen LogP contribution in [-0.4, -0.2) is 20.2 Å². The molecule has 0 bridgehead atoms. The maximum absolute atomic E-state index is 11.2. The first-order valence-corrected chi connectivity index (χ1v) is 4.96. The zero-order chi connectivity index (χ0) is 12.7. The number of hydrogen-bond donors (Lipinski definition) is 0. The van der Waals surface area contributed by atoms with Gasteiger partial charge in [0.2, 0.25) is 0 Å². The lowest BCUT2D eigenvalue weighted by atomic mass is 10.0. The van der Waals surface area contributed by atoms with Crippen molar-refractivity contribution in [2.45, 2.75) is 12.5 Å². The van der Waals surface area contributed by atoms with Gasteiger partial charge in [-0.05, 0) is 23.2 Å². The van der Waals surface area contributed by atoms with Gasteiger partial charge in [0.15, 0.2) is 0 Å². The largest absolute Gasteiger partial charge is 0.497 e. The fourth-order valence-electron chi connectivity index (χ4n) is 1.35. The molecular weight excluding hydrogens is 222 g/mol. The maximum Gasteiger partial charge on any atom is 0.306 e. The van der Waals surface area contributed by atoms with Crippen LogP contribution in [-0.2, 0) is 9.53 Å². The van der Waals surface area contributed by atoms with Gasteiger partial charge in [-0.15, -0.1) is 0 Å². The van der Waals surface area contributed by atoms with E-state index in [-0.39, 0.29) is 6.42 Å². The molecule has 1 aromatic carbocycles. The lowest BCUT2D eigenvalue weighted by Crippen LogP contribution is -2.06. The second-order valence-corrected chi connectivity index (χ2v) is 3.27. The summed E-state index contributed by atoms with van der Waals surface area (Å²) in [6.07, 6.45) is 0.0207. The van der Waals surface area contributed by atoms with Crippen molar-refractivity contribution < 1.29 is 14.3 Å². The monoisotopic (exact) mass is 235 g/mol. The highest BCUT2D eigenvalue weighted by atomic mass is 16.5. The van der Waals surface area contributed by atoms with Crippen LogP contribution in [0.15, 0.2) is 29.4 Å². The van der Waals surface area contributed by atoms with Crippen LogP contribution < -0.4 is 4.74 Å². The van der Waals surface area contributed by atoms with Crippen molar-refractivity contribution >= 4 is 5.97 Å². The number of rotatable bonds is 5. The lowest BCUT2D eigenvalue weighted by Gasteiger charge is -2.10. The van der Waals surface area contributed by atoms with E-state index in [1.807, 2.05) is 0 Å². The summed E-state index contributed by atoms with van der Waals surface area (Å²) in [7, 11) is 2.86. The van der Waals surface area contributed by atoms with Gasteiger partial charge in [-0.1, -0.05) is 17.2 Å². The molecule has 6 nitrogen and oxygen atoms in total. The minimum Gasteiger partial charge on any atom is -0.497 e. The zero-order valence-corrected chi connectivity index (χ0v) is 9.66. The first kappa shape index (κ1) is 12.9. The Hall–Kier alpha value is -2.20. The van der Waals surface area contributed by atoms with Crippen molar-refractivity contribution in [1.82, 2.24) is 0 Å². The zero-order valence-electron chi connectivity index (χ0n) is 9.66. The average molecular weight is 235 g/mol. The molecule has 0 fully saturated rings. The Morgan fingerprint density at radius 3 is 2.53 bits per heavy atom. The third-order valence-electron chi connectivity index (χ3n) is 2.28. The summed E-state index contributed by atoms with van der Waals surface area (Å²) < 4.78 is 9.56. The van der Waals surface area contributed by atoms with E-state index < -0.39 is 12.0 Å². The summed E-state index contributed by atoms with van der Waals surface area (Å²) in [5, 5.41) is 3.58. The molecule has 1 atom stereocenters. The maximum atomic E-state index is 11.2. The Morgan fingerprint density at radius 2 is 2.06 bits per heavy atom. The van der Waals surface area contributed by atoms with E-state index in [1.165, 1.54) is 7.11 Å². The summed E-state index contributed by atoms with van der Waals surface area (Å²) in [5.74, 6) is 0.282. The summed E-state index contributed by atoms with van der Waals surface area (Å²) in [6, 6.07) is 6.43. The molecule has 0 aliphatic carbocycles. The third-order valence-corrected chi connectivity index (χ3v) is 2.28. The van der Waals surface area contributed by atoms with Gasteiger partial charge in [-0.3, -0.25) is 4.79 Å². The van der Waals surface area contributed by atoms with E-state index in [1.54, 1.807) is 31.4 Å². The minimum absolute atomic E-state index is 0.0207. The molecule has 0 N–H and O–H groups in total. The number of benzene rings is 1. The Morgan fingerprint density at radius 1 is 1.41 bits per heavy atom. The molecule has 1 rings (SSSR count). The normalized spacial score (nSPS) is 11.2. The highest BCUT2D eigenvalue weighted by molar-refractivity contribution is 5.70. The van der Waals surface area contributed by atoms with Crippen LogP contribution in [0.1, 0.15) is 18.0 Å². The molecule has 0 saturated heterocycles. The predicted octanol–water partition coefficient (Wildman–Crippen LogP) is 2.61. The fraction of sp³-hybridized carbons (Fsp3) is 0.364. The lowest BCUT2D eigenvalue weighted by molar-refractivity contribution is -0.141. The van der Waals surface area contributed by atoms with E-state index in [0.29, 0.717) is 5.75 Å². The van der Waals surface area contributed by atoms with Crippen LogP contribution in [0.5, 0.6) is 5.75 Å². The summed E-state index contributed by atoms with van der Waals surface area (Å²) in [6.45, 7) is 0. The van der Waals surface area contributed by atoms with Crippen molar-refractivity contribution in [3.8, 4) is 5.75 Å². The highest BCUT2D eigenvalue weighted by Crippen LogP contribution is 2.24. The summed E-state index contributed by atoms with van der Waals surface area (Å²) in [4.78, 5) is 13.9. The van der Waals surface area contributed by atoms with Crippen LogP contribution in [0.2, 0.25) is 0 Å². The van der Waals surface area contributed by atoms with Gasteiger partial charge in [0.05, 0.1) is 26.7 Å². The van der Waals surface area contributed by atoms with Crippen molar-refractivity contribution in [3.63, 3.8) is 0 Å². The molecule has 1 unspecified atom stereocenters. The third kappa shape index (κ3) is 3.70. The number of hydrogen-bond acceptors (Lipinski definition) is 4.